The Labute approximate surface area is 181 Å². The highest BCUT2D eigenvalue weighted by atomic mass is 19.4. The standard InChI is InChI=1S/C21H21F3N6O2/c1-32-16-8-3-7-15(30-10-4-9-27-30)19(16)20(31)29-14-6-2-5-13(14)28-18-12-25-17(11-26-18)21(22,23)24/h3-4,7-14H,2,5-6H2,1H3,(H,26,28)(H,29,31)/t13-,14-/m0/s1. The van der Waals surface area contributed by atoms with Crippen LogP contribution in [0.4, 0.5) is 19.0 Å². The van der Waals surface area contributed by atoms with Gasteiger partial charge in [0.1, 0.15) is 17.1 Å². The van der Waals surface area contributed by atoms with Crippen LogP contribution in [0.25, 0.3) is 5.69 Å². The number of amides is 1. The van der Waals surface area contributed by atoms with Gasteiger partial charge in [0.2, 0.25) is 0 Å². The molecule has 168 valence electrons. The minimum Gasteiger partial charge on any atom is -0.496 e. The fraction of sp³-hybridized carbons (Fsp3) is 0.333. The number of rotatable bonds is 6. The summed E-state index contributed by atoms with van der Waals surface area (Å²) in [6, 6.07) is 6.55. The lowest BCUT2D eigenvalue weighted by molar-refractivity contribution is -0.141. The number of alkyl halides is 3. The second-order valence-electron chi connectivity index (χ2n) is 7.35. The van der Waals surface area contributed by atoms with Crippen LogP contribution in [-0.4, -0.2) is 44.8 Å². The van der Waals surface area contributed by atoms with Gasteiger partial charge in [-0.3, -0.25) is 4.79 Å². The zero-order valence-electron chi connectivity index (χ0n) is 17.1. The van der Waals surface area contributed by atoms with E-state index >= 15 is 0 Å². The number of nitrogens with zero attached hydrogens (tertiary/aromatic N) is 4. The maximum absolute atomic E-state index is 13.2. The number of nitrogens with one attached hydrogen (secondary N) is 2. The fourth-order valence-electron chi connectivity index (χ4n) is 3.81. The van der Waals surface area contributed by atoms with E-state index in [1.165, 1.54) is 7.11 Å². The van der Waals surface area contributed by atoms with Crippen LogP contribution in [0.5, 0.6) is 5.75 Å². The molecule has 4 rings (SSSR count). The van der Waals surface area contributed by atoms with Crippen LogP contribution in [0.2, 0.25) is 0 Å². The van der Waals surface area contributed by atoms with Gasteiger partial charge in [-0.1, -0.05) is 6.07 Å². The zero-order valence-corrected chi connectivity index (χ0v) is 17.1. The van der Waals surface area contributed by atoms with Gasteiger partial charge in [0.15, 0.2) is 5.69 Å². The average Bonchev–Trinajstić information content (AvgIpc) is 3.45. The van der Waals surface area contributed by atoms with Crippen LogP contribution in [0, 0.1) is 0 Å². The lowest BCUT2D eigenvalue weighted by atomic mass is 10.1. The molecule has 8 nitrogen and oxygen atoms in total. The number of methoxy groups -OCH3 is 1. The summed E-state index contributed by atoms with van der Waals surface area (Å²) in [5, 5.41) is 10.3. The molecule has 2 aromatic heterocycles. The van der Waals surface area contributed by atoms with Gasteiger partial charge in [0.05, 0.1) is 25.2 Å². The lowest BCUT2D eigenvalue weighted by Crippen LogP contribution is -2.43. The smallest absolute Gasteiger partial charge is 0.434 e. The molecular formula is C21H21F3N6O2. The van der Waals surface area contributed by atoms with E-state index in [0.717, 1.165) is 19.0 Å². The summed E-state index contributed by atoms with van der Waals surface area (Å²) < 4.78 is 45.1. The Morgan fingerprint density at radius 2 is 1.97 bits per heavy atom. The van der Waals surface area contributed by atoms with Gasteiger partial charge >= 0.3 is 6.18 Å². The Bertz CT molecular complexity index is 1070. The molecule has 1 fully saturated rings. The summed E-state index contributed by atoms with van der Waals surface area (Å²) in [6.07, 6.45) is 2.82. The van der Waals surface area contributed by atoms with E-state index < -0.39 is 11.9 Å². The Balaban J connectivity index is 1.51. The summed E-state index contributed by atoms with van der Waals surface area (Å²) in [5.74, 6) is 0.301. The van der Waals surface area contributed by atoms with Crippen molar-refractivity contribution in [3.05, 3.63) is 60.3 Å². The summed E-state index contributed by atoms with van der Waals surface area (Å²) in [4.78, 5) is 20.5. The third-order valence-electron chi connectivity index (χ3n) is 5.31. The summed E-state index contributed by atoms with van der Waals surface area (Å²) in [6.45, 7) is 0. The van der Waals surface area contributed by atoms with E-state index in [1.54, 1.807) is 41.3 Å². The van der Waals surface area contributed by atoms with E-state index in [9.17, 15) is 18.0 Å². The van der Waals surface area contributed by atoms with E-state index in [2.05, 4.69) is 25.7 Å². The number of anilines is 1. The number of aromatic nitrogens is 4. The molecule has 0 unspecified atom stereocenters. The predicted molar refractivity (Wildman–Crippen MR) is 110 cm³/mol. The first-order chi connectivity index (χ1) is 15.4. The first-order valence-electron chi connectivity index (χ1n) is 10.0. The molecule has 1 amide bonds. The number of benzene rings is 1. The van der Waals surface area contributed by atoms with Crippen molar-refractivity contribution in [2.45, 2.75) is 37.5 Å². The van der Waals surface area contributed by atoms with Crippen LogP contribution in [0.1, 0.15) is 35.3 Å². The molecule has 1 aliphatic rings. The maximum Gasteiger partial charge on any atom is 0.434 e. The molecule has 2 atom stereocenters. The Morgan fingerprint density at radius 1 is 1.16 bits per heavy atom. The average molecular weight is 446 g/mol. The van der Waals surface area contributed by atoms with Crippen molar-refractivity contribution in [3.63, 3.8) is 0 Å². The molecule has 2 N–H and O–H groups in total. The van der Waals surface area contributed by atoms with Gasteiger partial charge in [0, 0.05) is 24.5 Å². The van der Waals surface area contributed by atoms with Crippen LogP contribution in [0.15, 0.2) is 49.1 Å². The normalized spacial score (nSPS) is 18.4. The molecule has 1 saturated carbocycles. The number of carbonyl (C=O) groups is 1. The van der Waals surface area contributed by atoms with E-state index in [4.69, 9.17) is 4.74 Å². The molecule has 11 heteroatoms. The van der Waals surface area contributed by atoms with E-state index in [1.807, 2.05) is 0 Å². The highest BCUT2D eigenvalue weighted by Gasteiger charge is 2.34. The van der Waals surface area contributed by atoms with Gasteiger partial charge in [-0.15, -0.1) is 0 Å². The second kappa shape index (κ2) is 8.85. The molecule has 1 aliphatic carbocycles. The largest absolute Gasteiger partial charge is 0.496 e. The van der Waals surface area contributed by atoms with Gasteiger partial charge in [-0.2, -0.15) is 18.3 Å². The number of hydrogen-bond acceptors (Lipinski definition) is 6. The third-order valence-corrected chi connectivity index (χ3v) is 5.31. The third kappa shape index (κ3) is 4.51. The van der Waals surface area contributed by atoms with E-state index in [-0.39, 0.29) is 23.8 Å². The van der Waals surface area contributed by atoms with Crippen LogP contribution in [-0.2, 0) is 6.18 Å². The highest BCUT2D eigenvalue weighted by molar-refractivity contribution is 6.00. The number of ether oxygens (including phenoxy) is 1. The maximum atomic E-state index is 13.2. The van der Waals surface area contributed by atoms with Crippen LogP contribution in [0.3, 0.4) is 0 Å². The van der Waals surface area contributed by atoms with Gasteiger partial charge < -0.3 is 15.4 Å². The van der Waals surface area contributed by atoms with Crippen molar-refractivity contribution in [1.82, 2.24) is 25.1 Å². The van der Waals surface area contributed by atoms with Gasteiger partial charge in [-0.05, 0) is 37.5 Å². The SMILES string of the molecule is COc1cccc(-n2cccn2)c1C(=O)N[C@H]1CCC[C@@H]1Nc1cnc(C(F)(F)F)cn1. The fourth-order valence-corrected chi connectivity index (χ4v) is 3.81. The molecule has 1 aromatic carbocycles. The monoisotopic (exact) mass is 446 g/mol. The molecule has 0 saturated heterocycles. The molecule has 0 bridgehead atoms. The molecule has 0 aliphatic heterocycles. The molecule has 3 aromatic rings. The molecule has 0 spiro atoms. The minimum atomic E-state index is -4.55. The Kier molecular flexibility index (Phi) is 5.97. The number of carbonyl (C=O) groups excluding carboxylic acids is 1. The highest BCUT2D eigenvalue weighted by Crippen LogP contribution is 2.29. The van der Waals surface area contributed by atoms with Crippen LogP contribution < -0.4 is 15.4 Å². The van der Waals surface area contributed by atoms with Crippen molar-refractivity contribution in [1.29, 1.82) is 0 Å². The van der Waals surface area contributed by atoms with Gasteiger partial charge in [0.25, 0.3) is 5.91 Å². The lowest BCUT2D eigenvalue weighted by Gasteiger charge is -2.23. The second-order valence-corrected chi connectivity index (χ2v) is 7.35. The van der Waals surface area contributed by atoms with Crippen molar-refractivity contribution in [2.75, 3.05) is 12.4 Å². The summed E-state index contributed by atoms with van der Waals surface area (Å²) in [5.41, 5.74) is -0.136. The van der Waals surface area contributed by atoms with Gasteiger partial charge in [-0.25, -0.2) is 14.6 Å². The van der Waals surface area contributed by atoms with Crippen molar-refractivity contribution >= 4 is 11.7 Å². The molecule has 0 radical (unpaired) electrons. The molecule has 2 heterocycles. The van der Waals surface area contributed by atoms with E-state index in [0.29, 0.717) is 29.6 Å². The molecule has 32 heavy (non-hydrogen) atoms. The predicted octanol–water partition coefficient (Wildman–Crippen LogP) is 3.45. The van der Waals surface area contributed by atoms with Crippen molar-refractivity contribution in [2.24, 2.45) is 0 Å². The number of hydrogen-bond donors (Lipinski definition) is 2. The zero-order chi connectivity index (χ0) is 22.7. The van der Waals surface area contributed by atoms with Crippen molar-refractivity contribution < 1.29 is 22.7 Å². The Hall–Kier alpha value is -3.63. The Morgan fingerprint density at radius 3 is 2.62 bits per heavy atom. The van der Waals surface area contributed by atoms with Crippen LogP contribution >= 0.6 is 0 Å². The molecular weight excluding hydrogens is 425 g/mol. The quantitative estimate of drug-likeness (QED) is 0.603. The minimum absolute atomic E-state index is 0.201. The topological polar surface area (TPSA) is 94.0 Å². The number of halogens is 3. The first-order valence-corrected chi connectivity index (χ1v) is 10.0. The first kappa shape index (κ1) is 21.6. The summed E-state index contributed by atoms with van der Waals surface area (Å²) >= 11 is 0. The summed E-state index contributed by atoms with van der Waals surface area (Å²) in [7, 11) is 1.49. The van der Waals surface area contributed by atoms with Crippen molar-refractivity contribution in [3.8, 4) is 11.4 Å².